The number of anilines is 2. The maximum Gasteiger partial charge on any atom is 0.252 e. The van der Waals surface area contributed by atoms with Crippen LogP contribution in [0.25, 0.3) is 5.69 Å². The number of aromatic nitrogens is 3. The first kappa shape index (κ1) is 21.8. The van der Waals surface area contributed by atoms with Crippen LogP contribution in [0.2, 0.25) is 0 Å². The molecule has 0 radical (unpaired) electrons. The summed E-state index contributed by atoms with van der Waals surface area (Å²) in [6, 6.07) is 15.4. The van der Waals surface area contributed by atoms with E-state index in [1.54, 1.807) is 10.9 Å². The second-order valence-corrected chi connectivity index (χ2v) is 8.23. The van der Waals surface area contributed by atoms with Crippen LogP contribution < -0.4 is 16.0 Å². The number of carbonyl (C=O) groups excluding carboxylic acids is 1. The van der Waals surface area contributed by atoms with E-state index in [1.165, 1.54) is 0 Å². The van der Waals surface area contributed by atoms with Crippen molar-refractivity contribution in [2.75, 3.05) is 30.3 Å². The third kappa shape index (κ3) is 5.26. The summed E-state index contributed by atoms with van der Waals surface area (Å²) in [6.45, 7) is 6.27. The molecule has 1 fully saturated rings. The van der Waals surface area contributed by atoms with Crippen LogP contribution in [0.15, 0.2) is 54.7 Å². The van der Waals surface area contributed by atoms with Crippen LogP contribution in [0, 0.1) is 0 Å². The minimum Gasteiger partial charge on any atom is -0.384 e. The van der Waals surface area contributed by atoms with E-state index in [2.05, 4.69) is 34.1 Å². The molecule has 0 saturated carbocycles. The molecule has 0 bridgehead atoms. The highest BCUT2D eigenvalue weighted by Gasteiger charge is 2.23. The summed E-state index contributed by atoms with van der Waals surface area (Å²) in [5, 5.41) is 7.53. The molecule has 2 aromatic heterocycles. The van der Waals surface area contributed by atoms with Gasteiger partial charge in [0.05, 0.1) is 29.2 Å². The molecule has 0 aliphatic carbocycles. The smallest absolute Gasteiger partial charge is 0.252 e. The first-order chi connectivity index (χ1) is 15.5. The van der Waals surface area contributed by atoms with Crippen molar-refractivity contribution in [3.63, 3.8) is 0 Å². The van der Waals surface area contributed by atoms with Gasteiger partial charge in [0.15, 0.2) is 0 Å². The quantitative estimate of drug-likeness (QED) is 0.555. The maximum atomic E-state index is 12.5. The van der Waals surface area contributed by atoms with E-state index in [1.807, 2.05) is 48.5 Å². The lowest BCUT2D eigenvalue weighted by Gasteiger charge is -2.36. The van der Waals surface area contributed by atoms with Gasteiger partial charge < -0.3 is 20.7 Å². The molecular weight excluding hydrogens is 404 g/mol. The van der Waals surface area contributed by atoms with Crippen LogP contribution in [0.1, 0.15) is 36.3 Å². The van der Waals surface area contributed by atoms with E-state index < -0.39 is 0 Å². The van der Waals surface area contributed by atoms with Gasteiger partial charge in [0.2, 0.25) is 0 Å². The number of morpholine rings is 1. The number of nitrogen functional groups attached to an aromatic ring is 1. The number of ether oxygens (including phenoxy) is 1. The summed E-state index contributed by atoms with van der Waals surface area (Å²) in [7, 11) is 0. The van der Waals surface area contributed by atoms with Crippen molar-refractivity contribution in [1.29, 1.82) is 0 Å². The summed E-state index contributed by atoms with van der Waals surface area (Å²) >= 11 is 0. The highest BCUT2D eigenvalue weighted by molar-refractivity contribution is 5.94. The second-order valence-electron chi connectivity index (χ2n) is 8.23. The van der Waals surface area contributed by atoms with Crippen molar-refractivity contribution in [2.45, 2.75) is 38.9 Å². The van der Waals surface area contributed by atoms with Crippen LogP contribution in [0.4, 0.5) is 11.6 Å². The monoisotopic (exact) mass is 434 g/mol. The lowest BCUT2D eigenvalue weighted by atomic mass is 10.2. The fourth-order valence-corrected chi connectivity index (χ4v) is 3.99. The molecule has 0 spiro atoms. The molecule has 2 atom stereocenters. The third-order valence-corrected chi connectivity index (χ3v) is 5.44. The van der Waals surface area contributed by atoms with Crippen molar-refractivity contribution < 1.29 is 9.53 Å². The van der Waals surface area contributed by atoms with E-state index in [-0.39, 0.29) is 18.1 Å². The van der Waals surface area contributed by atoms with Crippen molar-refractivity contribution >= 4 is 17.5 Å². The van der Waals surface area contributed by atoms with Crippen molar-refractivity contribution in [1.82, 2.24) is 20.1 Å². The average Bonchev–Trinajstić information content (AvgIpc) is 3.17. The number of nitrogens with one attached hydrogen (secondary N) is 1. The van der Waals surface area contributed by atoms with E-state index >= 15 is 0 Å². The Morgan fingerprint density at radius 2 is 1.91 bits per heavy atom. The van der Waals surface area contributed by atoms with Crippen LogP contribution in [0.3, 0.4) is 0 Å². The lowest BCUT2D eigenvalue weighted by Crippen LogP contribution is -2.45. The zero-order valence-corrected chi connectivity index (χ0v) is 18.6. The van der Waals surface area contributed by atoms with Gasteiger partial charge in [-0.15, -0.1) is 0 Å². The Bertz CT molecular complexity index is 1020. The fourth-order valence-electron chi connectivity index (χ4n) is 3.99. The predicted molar refractivity (Wildman–Crippen MR) is 125 cm³/mol. The normalized spacial score (nSPS) is 18.5. The molecule has 168 valence electrons. The Labute approximate surface area is 188 Å². The van der Waals surface area contributed by atoms with Crippen LogP contribution >= 0.6 is 0 Å². The molecule has 1 aliphatic rings. The summed E-state index contributed by atoms with van der Waals surface area (Å²) in [5.74, 6) is 1.35. The minimum absolute atomic E-state index is 0.123. The molecule has 1 aliphatic heterocycles. The van der Waals surface area contributed by atoms with E-state index in [0.717, 1.165) is 43.1 Å². The summed E-state index contributed by atoms with van der Waals surface area (Å²) < 4.78 is 7.50. The molecule has 8 heteroatoms. The number of para-hydroxylation sites is 1. The third-order valence-electron chi connectivity index (χ3n) is 5.44. The van der Waals surface area contributed by atoms with Gasteiger partial charge >= 0.3 is 0 Å². The Balaban J connectivity index is 1.26. The van der Waals surface area contributed by atoms with Gasteiger partial charge in [-0.3, -0.25) is 4.79 Å². The highest BCUT2D eigenvalue weighted by atomic mass is 16.5. The first-order valence-electron chi connectivity index (χ1n) is 11.0. The molecular formula is C24H30N6O2. The standard InChI is InChI=1S/C24H30N6O2/c1-17-15-29(16-18(2)32-17)23-11-10-19(14-27-23)24(31)26-12-6-7-20-13-22(25)30(28-20)21-8-4-3-5-9-21/h3-5,8-11,13-14,17-18H,6-7,12,15-16,25H2,1-2H3,(H,26,31). The van der Waals surface area contributed by atoms with E-state index in [9.17, 15) is 4.79 Å². The highest BCUT2D eigenvalue weighted by Crippen LogP contribution is 2.18. The molecule has 1 aromatic carbocycles. The molecule has 4 rings (SSSR count). The number of benzene rings is 1. The predicted octanol–water partition coefficient (Wildman–Crippen LogP) is 2.83. The maximum absolute atomic E-state index is 12.5. The number of nitrogens with two attached hydrogens (primary N) is 1. The van der Waals surface area contributed by atoms with Gasteiger partial charge in [-0.25, -0.2) is 9.67 Å². The number of hydrogen-bond acceptors (Lipinski definition) is 6. The SMILES string of the molecule is CC1CN(c2ccc(C(=O)NCCCc3cc(N)n(-c4ccccc4)n3)cn2)CC(C)O1. The summed E-state index contributed by atoms with van der Waals surface area (Å²) in [5.41, 5.74) is 8.49. The number of hydrogen-bond donors (Lipinski definition) is 2. The van der Waals surface area contributed by atoms with Gasteiger partial charge in [-0.05, 0) is 51.0 Å². The Morgan fingerprint density at radius 1 is 1.16 bits per heavy atom. The molecule has 32 heavy (non-hydrogen) atoms. The second kappa shape index (κ2) is 9.82. The van der Waals surface area contributed by atoms with Gasteiger partial charge in [0, 0.05) is 31.9 Å². The van der Waals surface area contributed by atoms with E-state index in [0.29, 0.717) is 17.9 Å². The number of carbonyl (C=O) groups is 1. The van der Waals surface area contributed by atoms with Crippen LogP contribution in [-0.4, -0.2) is 52.5 Å². The van der Waals surface area contributed by atoms with Gasteiger partial charge in [0.25, 0.3) is 5.91 Å². The Morgan fingerprint density at radius 3 is 2.59 bits per heavy atom. The van der Waals surface area contributed by atoms with Gasteiger partial charge in [-0.2, -0.15) is 5.10 Å². The van der Waals surface area contributed by atoms with Gasteiger partial charge in [-0.1, -0.05) is 18.2 Å². The summed E-state index contributed by atoms with van der Waals surface area (Å²) in [6.07, 6.45) is 3.47. The summed E-state index contributed by atoms with van der Waals surface area (Å²) in [4.78, 5) is 19.2. The first-order valence-corrected chi connectivity index (χ1v) is 11.0. The Kier molecular flexibility index (Phi) is 6.70. The van der Waals surface area contributed by atoms with Crippen LogP contribution in [-0.2, 0) is 11.2 Å². The number of nitrogens with zero attached hydrogens (tertiary/aromatic N) is 4. The van der Waals surface area contributed by atoms with Crippen molar-refractivity contribution in [2.24, 2.45) is 0 Å². The molecule has 8 nitrogen and oxygen atoms in total. The number of rotatable bonds is 7. The molecule has 1 amide bonds. The zero-order chi connectivity index (χ0) is 22.5. The zero-order valence-electron chi connectivity index (χ0n) is 18.6. The molecule has 3 heterocycles. The van der Waals surface area contributed by atoms with Crippen molar-refractivity contribution in [3.05, 3.63) is 66.0 Å². The molecule has 2 unspecified atom stereocenters. The molecule has 3 N–H and O–H groups in total. The number of amides is 1. The lowest BCUT2D eigenvalue weighted by molar-refractivity contribution is -0.00546. The Hall–Kier alpha value is -3.39. The average molecular weight is 435 g/mol. The van der Waals surface area contributed by atoms with Crippen molar-refractivity contribution in [3.8, 4) is 5.69 Å². The minimum atomic E-state index is -0.123. The molecule has 3 aromatic rings. The molecule has 1 saturated heterocycles. The van der Waals surface area contributed by atoms with Gasteiger partial charge in [0.1, 0.15) is 11.6 Å². The number of aryl methyl sites for hydroxylation is 1. The topological polar surface area (TPSA) is 98.3 Å². The largest absolute Gasteiger partial charge is 0.384 e. The van der Waals surface area contributed by atoms with Crippen LogP contribution in [0.5, 0.6) is 0 Å². The fraction of sp³-hybridized carbons (Fsp3) is 0.375. The number of pyridine rings is 1. The van der Waals surface area contributed by atoms with E-state index in [4.69, 9.17) is 10.5 Å².